The zero-order valence-electron chi connectivity index (χ0n) is 18.4. The third-order valence-electron chi connectivity index (χ3n) is 5.35. The number of thioether (sulfide) groups is 1. The van der Waals surface area contributed by atoms with Crippen LogP contribution in [0.4, 0.5) is 5.00 Å². The van der Waals surface area contributed by atoms with Crippen LogP contribution in [0, 0.1) is 5.92 Å². The number of esters is 1. The van der Waals surface area contributed by atoms with Crippen LogP contribution in [0.25, 0.3) is 11.3 Å². The van der Waals surface area contributed by atoms with E-state index in [0.29, 0.717) is 33.3 Å². The lowest BCUT2D eigenvalue weighted by Crippen LogP contribution is -2.17. The summed E-state index contributed by atoms with van der Waals surface area (Å²) >= 11 is 8.69. The number of thiophene rings is 1. The maximum Gasteiger partial charge on any atom is 0.341 e. The molecule has 6 nitrogen and oxygen atoms in total. The minimum Gasteiger partial charge on any atom is -0.462 e. The van der Waals surface area contributed by atoms with Crippen molar-refractivity contribution in [2.75, 3.05) is 17.7 Å². The number of halogens is 1. The van der Waals surface area contributed by atoms with Crippen LogP contribution in [-0.4, -0.2) is 34.2 Å². The summed E-state index contributed by atoms with van der Waals surface area (Å²) in [5, 5.41) is 4.67. The predicted octanol–water partition coefficient (Wildman–Crippen LogP) is 5.89. The second-order valence-corrected chi connectivity index (χ2v) is 10.3. The predicted molar refractivity (Wildman–Crippen MR) is 133 cm³/mol. The average Bonchev–Trinajstić information content (AvgIpc) is 3.15. The van der Waals surface area contributed by atoms with Crippen molar-refractivity contribution in [2.45, 2.75) is 38.3 Å². The standard InChI is InChI=1S/C24H24ClN3O3S2/c1-3-31-23(30)21-17-9-4-14(2)12-19(17)33-22(21)28-20(29)13-32-24-26-11-10-18(27-24)15-5-7-16(25)8-6-15/h5-8,10-11,14H,3-4,9,12-13H2,1-2H3,(H,28,29)/t14-/m0/s1. The molecule has 1 amide bonds. The highest BCUT2D eigenvalue weighted by atomic mass is 35.5. The van der Waals surface area contributed by atoms with Crippen LogP contribution in [-0.2, 0) is 22.4 Å². The molecule has 0 saturated carbocycles. The Morgan fingerprint density at radius 3 is 2.82 bits per heavy atom. The van der Waals surface area contributed by atoms with Gasteiger partial charge in [-0.3, -0.25) is 4.79 Å². The molecule has 172 valence electrons. The molecule has 1 N–H and O–H groups in total. The number of carbonyl (C=O) groups is 2. The average molecular weight is 502 g/mol. The Morgan fingerprint density at radius 2 is 2.06 bits per heavy atom. The summed E-state index contributed by atoms with van der Waals surface area (Å²) < 4.78 is 5.28. The van der Waals surface area contributed by atoms with Crippen molar-refractivity contribution in [1.82, 2.24) is 9.97 Å². The Morgan fingerprint density at radius 1 is 1.27 bits per heavy atom. The van der Waals surface area contributed by atoms with E-state index in [-0.39, 0.29) is 17.6 Å². The molecule has 4 rings (SSSR count). The van der Waals surface area contributed by atoms with Crippen LogP contribution in [0.2, 0.25) is 5.02 Å². The second kappa shape index (κ2) is 10.7. The van der Waals surface area contributed by atoms with E-state index < -0.39 is 0 Å². The molecule has 0 bridgehead atoms. The van der Waals surface area contributed by atoms with Gasteiger partial charge >= 0.3 is 5.97 Å². The van der Waals surface area contributed by atoms with Crippen LogP contribution in [0.5, 0.6) is 0 Å². The number of benzene rings is 1. The zero-order valence-corrected chi connectivity index (χ0v) is 20.8. The van der Waals surface area contributed by atoms with Crippen molar-refractivity contribution >= 4 is 51.6 Å². The number of ether oxygens (including phenoxy) is 1. The van der Waals surface area contributed by atoms with Gasteiger partial charge in [0.2, 0.25) is 5.91 Å². The van der Waals surface area contributed by atoms with E-state index in [1.807, 2.05) is 30.3 Å². The van der Waals surface area contributed by atoms with Gasteiger partial charge in [-0.25, -0.2) is 14.8 Å². The molecule has 33 heavy (non-hydrogen) atoms. The van der Waals surface area contributed by atoms with Gasteiger partial charge in [0.25, 0.3) is 0 Å². The molecule has 0 spiro atoms. The number of rotatable bonds is 7. The van der Waals surface area contributed by atoms with Gasteiger partial charge in [-0.2, -0.15) is 0 Å². The van der Waals surface area contributed by atoms with E-state index in [1.165, 1.54) is 28.0 Å². The summed E-state index contributed by atoms with van der Waals surface area (Å²) in [4.78, 5) is 35.3. The Hall–Kier alpha value is -2.42. The smallest absolute Gasteiger partial charge is 0.341 e. The van der Waals surface area contributed by atoms with Crippen LogP contribution in [0.15, 0.2) is 41.7 Å². The number of amides is 1. The number of hydrogen-bond donors (Lipinski definition) is 1. The number of aromatic nitrogens is 2. The van der Waals surface area contributed by atoms with E-state index in [0.717, 1.165) is 36.1 Å². The van der Waals surface area contributed by atoms with Gasteiger partial charge in [-0.15, -0.1) is 11.3 Å². The van der Waals surface area contributed by atoms with Crippen molar-refractivity contribution in [3.63, 3.8) is 0 Å². The fraction of sp³-hybridized carbons (Fsp3) is 0.333. The summed E-state index contributed by atoms with van der Waals surface area (Å²) in [7, 11) is 0. The van der Waals surface area contributed by atoms with Crippen molar-refractivity contribution in [3.05, 3.63) is 57.6 Å². The van der Waals surface area contributed by atoms with Crippen molar-refractivity contribution in [2.24, 2.45) is 5.92 Å². The Labute approximate surface area is 206 Å². The van der Waals surface area contributed by atoms with E-state index in [4.69, 9.17) is 16.3 Å². The monoisotopic (exact) mass is 501 g/mol. The van der Waals surface area contributed by atoms with Crippen molar-refractivity contribution in [3.8, 4) is 11.3 Å². The molecule has 2 heterocycles. The molecule has 0 aliphatic heterocycles. The van der Waals surface area contributed by atoms with Crippen molar-refractivity contribution in [1.29, 1.82) is 0 Å². The SMILES string of the molecule is CCOC(=O)c1c(NC(=O)CSc2nccc(-c3ccc(Cl)cc3)n2)sc2c1CC[C@H](C)C2. The lowest BCUT2D eigenvalue weighted by atomic mass is 9.88. The van der Waals surface area contributed by atoms with Crippen LogP contribution in [0.1, 0.15) is 41.1 Å². The molecule has 1 aliphatic rings. The molecular weight excluding hydrogens is 478 g/mol. The van der Waals surface area contributed by atoms with E-state index in [9.17, 15) is 9.59 Å². The fourth-order valence-electron chi connectivity index (χ4n) is 3.74. The molecular formula is C24H24ClN3O3S2. The number of nitrogens with one attached hydrogen (secondary N) is 1. The summed E-state index contributed by atoms with van der Waals surface area (Å²) in [6, 6.07) is 9.21. The van der Waals surface area contributed by atoms with E-state index in [1.54, 1.807) is 13.1 Å². The largest absolute Gasteiger partial charge is 0.462 e. The van der Waals surface area contributed by atoms with Gasteiger partial charge in [-0.1, -0.05) is 42.4 Å². The van der Waals surface area contributed by atoms with Crippen LogP contribution >= 0.6 is 34.7 Å². The van der Waals surface area contributed by atoms with Crippen molar-refractivity contribution < 1.29 is 14.3 Å². The molecule has 0 unspecified atom stereocenters. The molecule has 0 fully saturated rings. The Bertz CT molecular complexity index is 1160. The Kier molecular flexibility index (Phi) is 7.67. The summed E-state index contributed by atoms with van der Waals surface area (Å²) in [5.41, 5.74) is 3.22. The first-order valence-corrected chi connectivity index (χ1v) is 13.0. The molecule has 3 aromatic rings. The zero-order chi connectivity index (χ0) is 23.4. The van der Waals surface area contributed by atoms with Gasteiger partial charge in [0.05, 0.1) is 23.6 Å². The van der Waals surface area contributed by atoms with Gasteiger partial charge in [-0.05, 0) is 55.9 Å². The number of nitrogens with zero attached hydrogens (tertiary/aromatic N) is 2. The van der Waals surface area contributed by atoms with Gasteiger partial charge in [0.15, 0.2) is 5.16 Å². The summed E-state index contributed by atoms with van der Waals surface area (Å²) in [5.74, 6) is 0.116. The molecule has 1 aromatic carbocycles. The molecule has 0 radical (unpaired) electrons. The number of hydrogen-bond acceptors (Lipinski definition) is 7. The molecule has 1 atom stereocenters. The third-order valence-corrected chi connectivity index (χ3v) is 7.63. The lowest BCUT2D eigenvalue weighted by Gasteiger charge is -2.18. The van der Waals surface area contributed by atoms with Gasteiger partial charge < -0.3 is 10.1 Å². The highest BCUT2D eigenvalue weighted by Gasteiger charge is 2.29. The Balaban J connectivity index is 1.46. The van der Waals surface area contributed by atoms with E-state index >= 15 is 0 Å². The first kappa shape index (κ1) is 23.7. The van der Waals surface area contributed by atoms with E-state index in [2.05, 4.69) is 22.2 Å². The quantitative estimate of drug-likeness (QED) is 0.247. The van der Waals surface area contributed by atoms with Crippen LogP contribution < -0.4 is 5.32 Å². The maximum atomic E-state index is 12.7. The summed E-state index contributed by atoms with van der Waals surface area (Å²) in [6.45, 7) is 4.29. The minimum absolute atomic E-state index is 0.130. The molecule has 2 aromatic heterocycles. The molecule has 0 saturated heterocycles. The fourth-order valence-corrected chi connectivity index (χ4v) is 5.91. The lowest BCUT2D eigenvalue weighted by molar-refractivity contribution is -0.113. The minimum atomic E-state index is -0.369. The summed E-state index contributed by atoms with van der Waals surface area (Å²) in [6.07, 6.45) is 4.45. The topological polar surface area (TPSA) is 81.2 Å². The highest BCUT2D eigenvalue weighted by molar-refractivity contribution is 7.99. The normalized spacial score (nSPS) is 15.1. The number of carbonyl (C=O) groups excluding carboxylic acids is 2. The third kappa shape index (κ3) is 5.75. The molecule has 9 heteroatoms. The number of anilines is 1. The molecule has 1 aliphatic carbocycles. The highest BCUT2D eigenvalue weighted by Crippen LogP contribution is 2.40. The van der Waals surface area contributed by atoms with Gasteiger partial charge in [0.1, 0.15) is 5.00 Å². The first-order chi connectivity index (χ1) is 15.9. The van der Waals surface area contributed by atoms with Crippen LogP contribution in [0.3, 0.4) is 0 Å². The number of fused-ring (bicyclic) bond motifs is 1. The second-order valence-electron chi connectivity index (χ2n) is 7.84. The first-order valence-electron chi connectivity index (χ1n) is 10.8. The maximum absolute atomic E-state index is 12.7. The van der Waals surface area contributed by atoms with Gasteiger partial charge in [0, 0.05) is 21.7 Å².